The average molecular weight is 209 g/mol. The van der Waals surface area contributed by atoms with E-state index in [0.717, 1.165) is 0 Å². The van der Waals surface area contributed by atoms with Crippen LogP contribution < -0.4 is 0 Å². The van der Waals surface area contributed by atoms with Gasteiger partial charge in [-0.05, 0) is 0 Å². The van der Waals surface area contributed by atoms with Crippen molar-refractivity contribution in [3.05, 3.63) is 36.4 Å². The van der Waals surface area contributed by atoms with E-state index in [1.165, 1.54) is 0 Å². The van der Waals surface area contributed by atoms with Crippen molar-refractivity contribution >= 4 is 5.91 Å². The highest BCUT2D eigenvalue weighted by Crippen LogP contribution is 1.81. The lowest BCUT2D eigenvalue weighted by Crippen LogP contribution is -2.19. The molecule has 86 valence electrons. The zero-order valence-electron chi connectivity index (χ0n) is 10.5. The fourth-order valence-corrected chi connectivity index (χ4v) is 0.701. The second-order valence-corrected chi connectivity index (χ2v) is 2.80. The molecule has 1 rings (SSSR count). The maximum Gasteiger partial charge on any atom is 0.221 e. The van der Waals surface area contributed by atoms with Gasteiger partial charge in [-0.15, -0.1) is 0 Å². The summed E-state index contributed by atoms with van der Waals surface area (Å²) in [5.74, 6) is 0.181. The number of rotatable bonds is 1. The monoisotopic (exact) mass is 209 g/mol. The molecule has 0 fully saturated rings. The third-order valence-electron chi connectivity index (χ3n) is 1.47. The maximum atomic E-state index is 10.4. The summed E-state index contributed by atoms with van der Waals surface area (Å²) in [6.07, 6.45) is 0.604. The quantitative estimate of drug-likeness (QED) is 0.695. The van der Waals surface area contributed by atoms with Crippen molar-refractivity contribution in [2.75, 3.05) is 14.1 Å². The van der Waals surface area contributed by atoms with Crippen LogP contribution in [0.2, 0.25) is 0 Å². The smallest absolute Gasteiger partial charge is 0.221 e. The predicted octanol–water partition coefficient (Wildman–Crippen LogP) is 3.20. The second kappa shape index (κ2) is 12.7. The molecule has 0 aliphatic heterocycles. The van der Waals surface area contributed by atoms with E-state index in [-0.39, 0.29) is 5.91 Å². The molecule has 0 aliphatic carbocycles. The fourth-order valence-electron chi connectivity index (χ4n) is 0.701. The molecule has 0 atom stereocenters. The largest absolute Gasteiger partial charge is 0.349 e. The van der Waals surface area contributed by atoms with Gasteiger partial charge in [0.05, 0.1) is 0 Å². The minimum absolute atomic E-state index is 0.181. The topological polar surface area (TPSA) is 20.3 Å². The zero-order chi connectivity index (χ0) is 12.1. The van der Waals surface area contributed by atoms with Gasteiger partial charge in [-0.1, -0.05) is 57.2 Å². The number of benzene rings is 1. The van der Waals surface area contributed by atoms with Gasteiger partial charge >= 0.3 is 0 Å². The second-order valence-electron chi connectivity index (χ2n) is 2.80. The Hall–Kier alpha value is -1.31. The van der Waals surface area contributed by atoms with Gasteiger partial charge in [0, 0.05) is 20.5 Å². The van der Waals surface area contributed by atoms with E-state index in [9.17, 15) is 4.79 Å². The molecule has 0 spiro atoms. The summed E-state index contributed by atoms with van der Waals surface area (Å²) in [7, 11) is 3.51. The van der Waals surface area contributed by atoms with Gasteiger partial charge in [0.2, 0.25) is 5.91 Å². The van der Waals surface area contributed by atoms with E-state index in [1.807, 2.05) is 57.2 Å². The van der Waals surface area contributed by atoms with Crippen LogP contribution in [0.1, 0.15) is 27.2 Å². The molecule has 0 N–H and O–H groups in total. The summed E-state index contributed by atoms with van der Waals surface area (Å²) < 4.78 is 0. The molecule has 2 heteroatoms. The molecule has 0 unspecified atom stereocenters. The van der Waals surface area contributed by atoms with Gasteiger partial charge in [-0.25, -0.2) is 0 Å². The summed E-state index contributed by atoms with van der Waals surface area (Å²) in [6, 6.07) is 12.0. The molecular weight excluding hydrogens is 186 g/mol. The van der Waals surface area contributed by atoms with Crippen molar-refractivity contribution < 1.29 is 4.79 Å². The predicted molar refractivity (Wildman–Crippen MR) is 66.8 cm³/mol. The summed E-state index contributed by atoms with van der Waals surface area (Å²) in [5.41, 5.74) is 0. The molecule has 2 nitrogen and oxygen atoms in total. The molecule has 0 bridgehead atoms. The number of amides is 1. The van der Waals surface area contributed by atoms with E-state index in [2.05, 4.69) is 0 Å². The lowest BCUT2D eigenvalue weighted by atomic mass is 10.4. The van der Waals surface area contributed by atoms with Gasteiger partial charge < -0.3 is 4.90 Å². The molecule has 1 aromatic carbocycles. The first kappa shape index (κ1) is 16.1. The van der Waals surface area contributed by atoms with Crippen LogP contribution in [0.4, 0.5) is 0 Å². The number of carbonyl (C=O) groups is 1. The van der Waals surface area contributed by atoms with E-state index in [4.69, 9.17) is 0 Å². The molecule has 15 heavy (non-hydrogen) atoms. The van der Waals surface area contributed by atoms with Gasteiger partial charge in [0.25, 0.3) is 0 Å². The van der Waals surface area contributed by atoms with Crippen LogP contribution in [0.25, 0.3) is 0 Å². The number of nitrogens with zero attached hydrogens (tertiary/aromatic N) is 1. The highest BCUT2D eigenvalue weighted by molar-refractivity contribution is 5.75. The maximum absolute atomic E-state index is 10.4. The van der Waals surface area contributed by atoms with E-state index in [0.29, 0.717) is 6.42 Å². The molecule has 0 saturated carbocycles. The first-order valence-electron chi connectivity index (χ1n) is 5.38. The Balaban J connectivity index is 0. The normalized spacial score (nSPS) is 7.53. The van der Waals surface area contributed by atoms with Gasteiger partial charge in [0.1, 0.15) is 0 Å². The minimum Gasteiger partial charge on any atom is -0.349 e. The van der Waals surface area contributed by atoms with E-state index in [1.54, 1.807) is 19.0 Å². The molecule has 0 saturated heterocycles. The molecular formula is C13H23NO. The zero-order valence-corrected chi connectivity index (χ0v) is 10.5. The van der Waals surface area contributed by atoms with Crippen molar-refractivity contribution in [2.24, 2.45) is 0 Å². The van der Waals surface area contributed by atoms with Crippen molar-refractivity contribution in [1.82, 2.24) is 4.90 Å². The fraction of sp³-hybridized carbons (Fsp3) is 0.462. The number of hydrogen-bond acceptors (Lipinski definition) is 1. The third kappa shape index (κ3) is 12.7. The van der Waals surface area contributed by atoms with Crippen LogP contribution in [0, 0.1) is 0 Å². The van der Waals surface area contributed by atoms with Crippen molar-refractivity contribution in [3.63, 3.8) is 0 Å². The van der Waals surface area contributed by atoms with Crippen LogP contribution in [0.3, 0.4) is 0 Å². The molecule has 1 amide bonds. The highest BCUT2D eigenvalue weighted by atomic mass is 16.2. The lowest BCUT2D eigenvalue weighted by Gasteiger charge is -2.05. The molecule has 0 heterocycles. The highest BCUT2D eigenvalue weighted by Gasteiger charge is 1.95. The first-order chi connectivity index (χ1) is 7.18. The summed E-state index contributed by atoms with van der Waals surface area (Å²) in [5, 5.41) is 0. The standard InChI is InChI=1S/C6H6.C5H11NO.C2H6/c1-2-4-6-5-3-1;1-4-5(7)6(2)3;1-2/h1-6H;4H2,1-3H3;1-2H3. The van der Waals surface area contributed by atoms with Gasteiger partial charge in [-0.3, -0.25) is 4.79 Å². The van der Waals surface area contributed by atoms with Gasteiger partial charge in [0.15, 0.2) is 0 Å². The van der Waals surface area contributed by atoms with Crippen LogP contribution in [-0.2, 0) is 4.79 Å². The van der Waals surface area contributed by atoms with Crippen LogP contribution in [-0.4, -0.2) is 24.9 Å². The first-order valence-corrected chi connectivity index (χ1v) is 5.38. The average Bonchev–Trinajstić information content (AvgIpc) is 2.33. The Kier molecular flexibility index (Phi) is 13.6. The summed E-state index contributed by atoms with van der Waals surface area (Å²) in [6.45, 7) is 5.85. The SMILES string of the molecule is CC.CCC(=O)N(C)C.c1ccccc1. The van der Waals surface area contributed by atoms with E-state index < -0.39 is 0 Å². The van der Waals surface area contributed by atoms with Crippen molar-refractivity contribution in [1.29, 1.82) is 0 Å². The lowest BCUT2D eigenvalue weighted by molar-refractivity contribution is -0.128. The molecule has 0 radical (unpaired) electrons. The van der Waals surface area contributed by atoms with Gasteiger partial charge in [-0.2, -0.15) is 0 Å². The Morgan fingerprint density at radius 2 is 1.20 bits per heavy atom. The molecule has 0 aromatic heterocycles. The van der Waals surface area contributed by atoms with Crippen molar-refractivity contribution in [3.8, 4) is 0 Å². The van der Waals surface area contributed by atoms with Crippen LogP contribution >= 0.6 is 0 Å². The summed E-state index contributed by atoms with van der Waals surface area (Å²) >= 11 is 0. The van der Waals surface area contributed by atoms with Crippen molar-refractivity contribution in [2.45, 2.75) is 27.2 Å². The third-order valence-corrected chi connectivity index (χ3v) is 1.47. The number of carbonyl (C=O) groups excluding carboxylic acids is 1. The molecule has 1 aromatic rings. The number of hydrogen-bond donors (Lipinski definition) is 0. The Labute approximate surface area is 93.9 Å². The molecule has 0 aliphatic rings. The summed E-state index contributed by atoms with van der Waals surface area (Å²) in [4.78, 5) is 12.0. The van der Waals surface area contributed by atoms with Crippen LogP contribution in [0.15, 0.2) is 36.4 Å². The Morgan fingerprint density at radius 3 is 1.27 bits per heavy atom. The van der Waals surface area contributed by atoms with Crippen LogP contribution in [0.5, 0.6) is 0 Å². The Morgan fingerprint density at radius 1 is 0.933 bits per heavy atom. The Bertz CT molecular complexity index is 193. The minimum atomic E-state index is 0.181. The van der Waals surface area contributed by atoms with E-state index >= 15 is 0 Å².